The maximum absolute atomic E-state index is 9.68. The highest BCUT2D eigenvalue weighted by molar-refractivity contribution is 7.19. The molecule has 0 amide bonds. The fourth-order valence-corrected chi connectivity index (χ4v) is 12.2. The molecule has 0 N–H and O–H groups in total. The minimum atomic E-state index is -2.82. The number of aromatic nitrogens is 1. The molecular weight excluding hydrogens is 625 g/mol. The normalized spacial score (nSPS) is 11.1. The number of hydrogen-bond donors (Lipinski definition) is 0. The third kappa shape index (κ3) is 4.88. The number of benzene rings is 7. The molecular formula is C45H28N4Si. The standard InChI is InChI=1S/C45H28N4Si/c1-47-34-22-26-45-42(29-34)41-27-32(31-46)21-25-44(41)49(45)35-14-12-13-33(28-35)40-30-39(23-24-43(40)48-2)50(36-15-6-3-7-16-36,37-17-8-4-9-18-37)38-19-10-5-11-20-38/h3-30H. The Kier molecular flexibility index (Phi) is 7.63. The van der Waals surface area contributed by atoms with Crippen LogP contribution in [0.4, 0.5) is 11.4 Å². The summed E-state index contributed by atoms with van der Waals surface area (Å²) in [5.74, 6) is 0. The summed E-state index contributed by atoms with van der Waals surface area (Å²) in [5.41, 5.74) is 6.35. The molecule has 0 aliphatic carbocycles. The van der Waals surface area contributed by atoms with Crippen molar-refractivity contribution in [2.24, 2.45) is 0 Å². The molecule has 232 valence electrons. The minimum Gasteiger partial charge on any atom is -0.309 e. The Morgan fingerprint density at radius 3 is 1.70 bits per heavy atom. The first-order valence-electron chi connectivity index (χ1n) is 16.3. The van der Waals surface area contributed by atoms with E-state index in [1.165, 1.54) is 20.7 Å². The quantitative estimate of drug-likeness (QED) is 0.101. The summed E-state index contributed by atoms with van der Waals surface area (Å²) in [4.78, 5) is 7.69. The zero-order valence-corrected chi connectivity index (χ0v) is 28.0. The van der Waals surface area contributed by atoms with E-state index in [-0.39, 0.29) is 0 Å². The molecule has 0 aliphatic rings. The largest absolute Gasteiger partial charge is 0.309 e. The van der Waals surface area contributed by atoms with E-state index in [1.807, 2.05) is 48.5 Å². The molecule has 7 aromatic carbocycles. The third-order valence-corrected chi connectivity index (χ3v) is 14.4. The molecule has 4 nitrogen and oxygen atoms in total. The summed E-state index contributed by atoms with van der Waals surface area (Å²) in [5, 5.41) is 16.5. The Labute approximate surface area is 292 Å². The van der Waals surface area contributed by atoms with Crippen molar-refractivity contribution in [3.8, 4) is 22.9 Å². The van der Waals surface area contributed by atoms with Gasteiger partial charge in [-0.3, -0.25) is 0 Å². The van der Waals surface area contributed by atoms with Crippen LogP contribution in [0, 0.1) is 24.5 Å². The molecule has 0 radical (unpaired) electrons. The van der Waals surface area contributed by atoms with E-state index >= 15 is 0 Å². The van der Waals surface area contributed by atoms with Crippen LogP contribution in [0.1, 0.15) is 5.56 Å². The lowest BCUT2D eigenvalue weighted by Gasteiger charge is -2.35. The fourth-order valence-electron chi connectivity index (χ4n) is 7.40. The van der Waals surface area contributed by atoms with Crippen molar-refractivity contribution in [1.82, 2.24) is 4.57 Å². The predicted molar refractivity (Wildman–Crippen MR) is 207 cm³/mol. The molecule has 0 spiro atoms. The van der Waals surface area contributed by atoms with Gasteiger partial charge in [-0.25, -0.2) is 9.69 Å². The minimum absolute atomic E-state index is 0.550. The van der Waals surface area contributed by atoms with Crippen LogP contribution in [0.25, 0.3) is 48.3 Å². The average Bonchev–Trinajstić information content (AvgIpc) is 3.52. The highest BCUT2D eigenvalue weighted by Gasteiger charge is 2.41. The first-order chi connectivity index (χ1) is 24.6. The summed E-state index contributed by atoms with van der Waals surface area (Å²) in [6, 6.07) is 60.8. The van der Waals surface area contributed by atoms with Crippen LogP contribution in [0.3, 0.4) is 0 Å². The van der Waals surface area contributed by atoms with Crippen molar-refractivity contribution in [3.63, 3.8) is 0 Å². The molecule has 1 aromatic heterocycles. The Bertz CT molecular complexity index is 2510. The van der Waals surface area contributed by atoms with E-state index in [2.05, 4.69) is 142 Å². The molecule has 0 aliphatic heterocycles. The second-order valence-electron chi connectivity index (χ2n) is 12.2. The van der Waals surface area contributed by atoms with Crippen molar-refractivity contribution in [3.05, 3.63) is 198 Å². The topological polar surface area (TPSA) is 37.4 Å². The van der Waals surface area contributed by atoms with Gasteiger partial charge < -0.3 is 4.57 Å². The summed E-state index contributed by atoms with van der Waals surface area (Å²) < 4.78 is 2.18. The van der Waals surface area contributed by atoms with E-state index in [0.717, 1.165) is 38.6 Å². The van der Waals surface area contributed by atoms with E-state index < -0.39 is 8.07 Å². The lowest BCUT2D eigenvalue weighted by Crippen LogP contribution is -2.74. The second kappa shape index (κ2) is 12.6. The number of nitrogens with zero attached hydrogens (tertiary/aromatic N) is 4. The van der Waals surface area contributed by atoms with Gasteiger partial charge in [-0.2, -0.15) is 5.26 Å². The number of rotatable bonds is 6. The molecule has 0 bridgehead atoms. The van der Waals surface area contributed by atoms with E-state index in [0.29, 0.717) is 16.9 Å². The summed E-state index contributed by atoms with van der Waals surface area (Å²) >= 11 is 0. The monoisotopic (exact) mass is 652 g/mol. The van der Waals surface area contributed by atoms with Gasteiger partial charge in [0.2, 0.25) is 0 Å². The SMILES string of the molecule is [C-]#[N+]c1ccc2c(c1)c1cc(C#N)ccc1n2-c1cccc(-c2cc([Si](c3ccccc3)(c3ccccc3)c3ccccc3)ccc2[N+]#[C-])c1. The summed E-state index contributed by atoms with van der Waals surface area (Å²) in [6.45, 7) is 15.8. The van der Waals surface area contributed by atoms with Crippen LogP contribution in [0.2, 0.25) is 0 Å². The third-order valence-electron chi connectivity index (χ3n) is 9.59. The maximum Gasteiger partial charge on any atom is 0.194 e. The van der Waals surface area contributed by atoms with Crippen LogP contribution in [-0.4, -0.2) is 12.6 Å². The Hall–Kier alpha value is -6.97. The molecule has 0 atom stereocenters. The summed E-state index contributed by atoms with van der Waals surface area (Å²) in [6.07, 6.45) is 0. The molecule has 0 saturated carbocycles. The molecule has 8 aromatic rings. The van der Waals surface area contributed by atoms with Gasteiger partial charge in [-0.15, -0.1) is 0 Å². The highest BCUT2D eigenvalue weighted by Crippen LogP contribution is 2.37. The number of hydrogen-bond acceptors (Lipinski definition) is 1. The Morgan fingerprint density at radius 2 is 1.12 bits per heavy atom. The lowest BCUT2D eigenvalue weighted by atomic mass is 10.0. The molecule has 8 rings (SSSR count). The fraction of sp³-hybridized carbons (Fsp3) is 0. The molecule has 50 heavy (non-hydrogen) atoms. The predicted octanol–water partition coefficient (Wildman–Crippen LogP) is 8.80. The summed E-state index contributed by atoms with van der Waals surface area (Å²) in [7, 11) is -2.82. The van der Waals surface area contributed by atoms with E-state index in [9.17, 15) is 5.26 Å². The number of nitriles is 1. The van der Waals surface area contributed by atoms with E-state index in [1.54, 1.807) is 0 Å². The lowest BCUT2D eigenvalue weighted by molar-refractivity contribution is 1.18. The molecule has 0 fully saturated rings. The van der Waals surface area contributed by atoms with Crippen LogP contribution in [-0.2, 0) is 0 Å². The van der Waals surface area contributed by atoms with Gasteiger partial charge in [-0.1, -0.05) is 127 Å². The van der Waals surface area contributed by atoms with Gasteiger partial charge >= 0.3 is 0 Å². The van der Waals surface area contributed by atoms with Crippen molar-refractivity contribution < 1.29 is 0 Å². The van der Waals surface area contributed by atoms with Gasteiger partial charge in [0.15, 0.2) is 19.4 Å². The first kappa shape index (κ1) is 30.4. The molecule has 0 saturated heterocycles. The first-order valence-corrected chi connectivity index (χ1v) is 18.3. The van der Waals surface area contributed by atoms with Gasteiger partial charge in [0, 0.05) is 11.1 Å². The van der Waals surface area contributed by atoms with E-state index in [4.69, 9.17) is 13.1 Å². The van der Waals surface area contributed by atoms with Crippen molar-refractivity contribution in [1.29, 1.82) is 5.26 Å². The van der Waals surface area contributed by atoms with Crippen molar-refractivity contribution >= 4 is 62.0 Å². The van der Waals surface area contributed by atoms with Crippen LogP contribution >= 0.6 is 0 Å². The zero-order valence-electron chi connectivity index (χ0n) is 27.0. The van der Waals surface area contributed by atoms with Crippen molar-refractivity contribution in [2.45, 2.75) is 0 Å². The van der Waals surface area contributed by atoms with Crippen LogP contribution in [0.15, 0.2) is 170 Å². The van der Waals surface area contributed by atoms with Gasteiger partial charge in [0.1, 0.15) is 0 Å². The second-order valence-corrected chi connectivity index (χ2v) is 16.0. The van der Waals surface area contributed by atoms with Gasteiger partial charge in [-0.05, 0) is 79.7 Å². The zero-order chi connectivity index (χ0) is 34.1. The number of fused-ring (bicyclic) bond motifs is 3. The Balaban J connectivity index is 1.38. The van der Waals surface area contributed by atoms with Gasteiger partial charge in [0.05, 0.1) is 35.8 Å². The molecule has 1 heterocycles. The van der Waals surface area contributed by atoms with Crippen LogP contribution < -0.4 is 20.7 Å². The smallest absolute Gasteiger partial charge is 0.194 e. The molecule has 5 heteroatoms. The van der Waals surface area contributed by atoms with Crippen LogP contribution in [0.5, 0.6) is 0 Å². The Morgan fingerprint density at radius 1 is 0.520 bits per heavy atom. The van der Waals surface area contributed by atoms with Gasteiger partial charge in [0.25, 0.3) is 0 Å². The van der Waals surface area contributed by atoms with Crippen molar-refractivity contribution in [2.75, 3.05) is 0 Å². The average molecular weight is 653 g/mol. The highest BCUT2D eigenvalue weighted by atomic mass is 28.3. The maximum atomic E-state index is 9.68. The molecule has 0 unspecified atom stereocenters.